The van der Waals surface area contributed by atoms with Crippen LogP contribution in [0.4, 0.5) is 5.69 Å². The number of carbonyl (C=O) groups excluding carboxylic acids is 1. The van der Waals surface area contributed by atoms with E-state index in [2.05, 4.69) is 0 Å². The van der Waals surface area contributed by atoms with Gasteiger partial charge >= 0.3 is 0 Å². The third kappa shape index (κ3) is 2.36. The van der Waals surface area contributed by atoms with Crippen LogP contribution in [0.1, 0.15) is 10.4 Å². The Morgan fingerprint density at radius 3 is 2.47 bits per heavy atom. The number of β-amino-alcohol motifs (C(OH)–C–C–N with tert-alkyl or cyclic N) is 2. The number of hydrogen-bond acceptors (Lipinski definition) is 4. The van der Waals surface area contributed by atoms with Gasteiger partial charge in [-0.25, -0.2) is 0 Å². The van der Waals surface area contributed by atoms with E-state index in [1.54, 1.807) is 12.1 Å². The molecule has 6 heteroatoms. The molecule has 5 nitrogen and oxygen atoms in total. The summed E-state index contributed by atoms with van der Waals surface area (Å²) in [7, 11) is 0. The lowest BCUT2D eigenvalue weighted by molar-refractivity contribution is 0.0572. The number of anilines is 1. The fourth-order valence-electron chi connectivity index (χ4n) is 1.78. The lowest BCUT2D eigenvalue weighted by atomic mass is 10.2. The SMILES string of the molecule is Nc1ccc(C(=O)N2CC(O)C(O)C2)cc1Cl. The molecule has 0 bridgehead atoms. The summed E-state index contributed by atoms with van der Waals surface area (Å²) in [5.41, 5.74) is 6.35. The Balaban J connectivity index is 2.17. The van der Waals surface area contributed by atoms with E-state index in [0.717, 1.165) is 0 Å². The second-order valence-electron chi connectivity index (χ2n) is 4.08. The number of hydrogen-bond donors (Lipinski definition) is 3. The molecule has 0 aromatic heterocycles. The van der Waals surface area contributed by atoms with E-state index < -0.39 is 12.2 Å². The van der Waals surface area contributed by atoms with Gasteiger partial charge in [-0.15, -0.1) is 0 Å². The minimum atomic E-state index is -0.886. The van der Waals surface area contributed by atoms with Crippen molar-refractivity contribution in [3.05, 3.63) is 28.8 Å². The molecule has 2 unspecified atom stereocenters. The monoisotopic (exact) mass is 256 g/mol. The van der Waals surface area contributed by atoms with Crippen molar-refractivity contribution in [1.29, 1.82) is 0 Å². The molecule has 0 radical (unpaired) electrons. The maximum absolute atomic E-state index is 12.0. The molecule has 1 fully saturated rings. The van der Waals surface area contributed by atoms with Crippen molar-refractivity contribution in [2.45, 2.75) is 12.2 Å². The summed E-state index contributed by atoms with van der Waals surface area (Å²) < 4.78 is 0. The highest BCUT2D eigenvalue weighted by Crippen LogP contribution is 2.22. The molecule has 1 aromatic carbocycles. The van der Waals surface area contributed by atoms with Gasteiger partial charge in [0, 0.05) is 18.7 Å². The Bertz CT molecular complexity index is 442. The largest absolute Gasteiger partial charge is 0.398 e. The fourth-order valence-corrected chi connectivity index (χ4v) is 1.96. The molecule has 1 amide bonds. The normalized spacial score (nSPS) is 24.1. The van der Waals surface area contributed by atoms with Gasteiger partial charge in [0.2, 0.25) is 0 Å². The van der Waals surface area contributed by atoms with Crippen LogP contribution >= 0.6 is 11.6 Å². The van der Waals surface area contributed by atoms with Crippen molar-refractivity contribution in [2.24, 2.45) is 0 Å². The molecule has 0 spiro atoms. The molecule has 0 aliphatic carbocycles. The molecule has 0 saturated carbocycles. The average Bonchev–Trinajstić information content (AvgIpc) is 2.62. The molecule has 4 N–H and O–H groups in total. The average molecular weight is 257 g/mol. The van der Waals surface area contributed by atoms with Crippen LogP contribution in [0.25, 0.3) is 0 Å². The number of amides is 1. The number of nitrogen functional groups attached to an aromatic ring is 1. The highest BCUT2D eigenvalue weighted by molar-refractivity contribution is 6.33. The Kier molecular flexibility index (Phi) is 3.24. The highest BCUT2D eigenvalue weighted by atomic mass is 35.5. The van der Waals surface area contributed by atoms with E-state index in [1.165, 1.54) is 11.0 Å². The third-order valence-electron chi connectivity index (χ3n) is 2.79. The molecule has 1 saturated heterocycles. The van der Waals surface area contributed by atoms with Crippen molar-refractivity contribution in [3.63, 3.8) is 0 Å². The first-order chi connectivity index (χ1) is 7.99. The van der Waals surface area contributed by atoms with E-state index in [-0.39, 0.29) is 19.0 Å². The summed E-state index contributed by atoms with van der Waals surface area (Å²) in [5, 5.41) is 19.1. The van der Waals surface area contributed by atoms with Crippen molar-refractivity contribution in [3.8, 4) is 0 Å². The maximum atomic E-state index is 12.0. The van der Waals surface area contributed by atoms with Gasteiger partial charge in [-0.2, -0.15) is 0 Å². The molecular weight excluding hydrogens is 244 g/mol. The van der Waals surface area contributed by atoms with Crippen molar-refractivity contribution < 1.29 is 15.0 Å². The summed E-state index contributed by atoms with van der Waals surface area (Å²) >= 11 is 5.83. The van der Waals surface area contributed by atoms with Gasteiger partial charge in [0.15, 0.2) is 0 Å². The van der Waals surface area contributed by atoms with Crippen LogP contribution < -0.4 is 5.73 Å². The molecule has 92 valence electrons. The minimum Gasteiger partial charge on any atom is -0.398 e. The molecule has 1 aliphatic heterocycles. The second kappa shape index (κ2) is 4.52. The van der Waals surface area contributed by atoms with E-state index in [0.29, 0.717) is 16.3 Å². The summed E-state index contributed by atoms with van der Waals surface area (Å²) in [5.74, 6) is -0.275. The lowest BCUT2D eigenvalue weighted by Crippen LogP contribution is -2.29. The Labute approximate surface area is 103 Å². The van der Waals surface area contributed by atoms with Crippen LogP contribution in [0.5, 0.6) is 0 Å². The number of aliphatic hydroxyl groups is 2. The molecule has 1 heterocycles. The number of nitrogens with two attached hydrogens (primary N) is 1. The lowest BCUT2D eigenvalue weighted by Gasteiger charge is -2.15. The fraction of sp³-hybridized carbons (Fsp3) is 0.364. The van der Waals surface area contributed by atoms with Crippen LogP contribution in [0.15, 0.2) is 18.2 Å². The first kappa shape index (κ1) is 12.2. The van der Waals surface area contributed by atoms with Crippen molar-refractivity contribution >= 4 is 23.2 Å². The maximum Gasteiger partial charge on any atom is 0.254 e. The van der Waals surface area contributed by atoms with Crippen molar-refractivity contribution in [1.82, 2.24) is 4.90 Å². The number of halogens is 1. The third-order valence-corrected chi connectivity index (χ3v) is 3.12. The van der Waals surface area contributed by atoms with Gasteiger partial charge in [-0.1, -0.05) is 11.6 Å². The van der Waals surface area contributed by atoms with Crippen LogP contribution in [0, 0.1) is 0 Å². The van der Waals surface area contributed by atoms with E-state index in [9.17, 15) is 15.0 Å². The molecule has 17 heavy (non-hydrogen) atoms. The molecule has 1 aromatic rings. The van der Waals surface area contributed by atoms with Gasteiger partial charge in [0.1, 0.15) is 0 Å². The zero-order valence-electron chi connectivity index (χ0n) is 9.01. The van der Waals surface area contributed by atoms with Crippen LogP contribution in [-0.4, -0.2) is 46.3 Å². The zero-order chi connectivity index (χ0) is 12.6. The van der Waals surface area contributed by atoms with Gasteiger partial charge in [0.25, 0.3) is 5.91 Å². The van der Waals surface area contributed by atoms with Gasteiger partial charge < -0.3 is 20.8 Å². The summed E-state index contributed by atoms with van der Waals surface area (Å²) in [6.07, 6.45) is -1.77. The number of benzene rings is 1. The van der Waals surface area contributed by atoms with Gasteiger partial charge in [-0.05, 0) is 18.2 Å². The zero-order valence-corrected chi connectivity index (χ0v) is 9.76. The predicted molar refractivity (Wildman–Crippen MR) is 63.8 cm³/mol. The Morgan fingerprint density at radius 1 is 1.35 bits per heavy atom. The number of carbonyl (C=O) groups is 1. The van der Waals surface area contributed by atoms with Crippen LogP contribution in [-0.2, 0) is 0 Å². The quantitative estimate of drug-likeness (QED) is 0.622. The van der Waals surface area contributed by atoms with E-state index >= 15 is 0 Å². The first-order valence-electron chi connectivity index (χ1n) is 5.19. The topological polar surface area (TPSA) is 86.8 Å². The molecule has 2 rings (SSSR count). The summed E-state index contributed by atoms with van der Waals surface area (Å²) in [6.45, 7) is 0.254. The van der Waals surface area contributed by atoms with Crippen molar-refractivity contribution in [2.75, 3.05) is 18.8 Å². The van der Waals surface area contributed by atoms with E-state index in [4.69, 9.17) is 17.3 Å². The standard InChI is InChI=1S/C11H13ClN2O3/c12-7-3-6(1-2-8(7)13)11(17)14-4-9(15)10(16)5-14/h1-3,9-10,15-16H,4-5,13H2. The van der Waals surface area contributed by atoms with Gasteiger partial charge in [-0.3, -0.25) is 4.79 Å². The van der Waals surface area contributed by atoms with Crippen LogP contribution in [0.3, 0.4) is 0 Å². The number of likely N-dealkylation sites (tertiary alicyclic amines) is 1. The van der Waals surface area contributed by atoms with E-state index in [1.807, 2.05) is 0 Å². The summed E-state index contributed by atoms with van der Waals surface area (Å²) in [4.78, 5) is 13.4. The molecular formula is C11H13ClN2O3. The second-order valence-corrected chi connectivity index (χ2v) is 4.49. The van der Waals surface area contributed by atoms with Crippen LogP contribution in [0.2, 0.25) is 5.02 Å². The Morgan fingerprint density at radius 2 is 1.94 bits per heavy atom. The predicted octanol–water partition coefficient (Wildman–Crippen LogP) is 0.0998. The smallest absolute Gasteiger partial charge is 0.254 e. The molecule has 2 atom stereocenters. The number of rotatable bonds is 1. The molecule has 1 aliphatic rings. The number of nitrogens with zero attached hydrogens (tertiary/aromatic N) is 1. The summed E-state index contributed by atoms with van der Waals surface area (Å²) in [6, 6.07) is 4.61. The minimum absolute atomic E-state index is 0.127. The first-order valence-corrected chi connectivity index (χ1v) is 5.57. The Hall–Kier alpha value is -1.30. The number of aliphatic hydroxyl groups excluding tert-OH is 2. The van der Waals surface area contributed by atoms with Gasteiger partial charge in [0.05, 0.1) is 22.9 Å². The highest BCUT2D eigenvalue weighted by Gasteiger charge is 2.32.